The van der Waals surface area contributed by atoms with E-state index in [9.17, 15) is 4.79 Å². The number of halogens is 1. The third-order valence-corrected chi connectivity index (χ3v) is 2.86. The molecule has 4 nitrogen and oxygen atoms in total. The lowest BCUT2D eigenvalue weighted by Crippen LogP contribution is -2.44. The van der Waals surface area contributed by atoms with Crippen molar-refractivity contribution in [2.24, 2.45) is 0 Å². The molecule has 0 radical (unpaired) electrons. The average molecular weight is 249 g/mol. The van der Waals surface area contributed by atoms with Crippen molar-refractivity contribution in [2.45, 2.75) is 64.1 Å². The number of carbonyl (C=O) groups excluding carboxylic acids is 1. The first-order valence-corrected chi connectivity index (χ1v) is 6.14. The number of ether oxygens (including phenoxy) is 1. The van der Waals surface area contributed by atoms with Crippen LogP contribution in [-0.2, 0) is 4.74 Å². The van der Waals surface area contributed by atoms with E-state index < -0.39 is 5.60 Å². The second-order valence-corrected chi connectivity index (χ2v) is 5.53. The number of hydrogen-bond acceptors (Lipinski definition) is 3. The van der Waals surface area contributed by atoms with Gasteiger partial charge in [0.05, 0.1) is 0 Å². The van der Waals surface area contributed by atoms with E-state index in [0.29, 0.717) is 0 Å². The molecule has 5 heteroatoms. The summed E-state index contributed by atoms with van der Waals surface area (Å²) in [6.07, 6.45) is 3.66. The molecule has 0 saturated heterocycles. The van der Waals surface area contributed by atoms with Crippen LogP contribution in [0.3, 0.4) is 0 Å². The molecule has 1 amide bonds. The van der Waals surface area contributed by atoms with Gasteiger partial charge >= 0.3 is 6.09 Å². The second kappa shape index (κ2) is 5.73. The Hall–Kier alpha value is -0.480. The van der Waals surface area contributed by atoms with Gasteiger partial charge in [0.1, 0.15) is 5.60 Å². The molecule has 0 unspecified atom stereocenters. The van der Waals surface area contributed by atoms with Gasteiger partial charge in [-0.25, -0.2) is 9.63 Å². The van der Waals surface area contributed by atoms with Crippen LogP contribution >= 0.6 is 11.8 Å². The minimum absolute atomic E-state index is 0.167. The molecule has 1 saturated carbocycles. The lowest BCUT2D eigenvalue weighted by Gasteiger charge is -2.29. The predicted molar refractivity (Wildman–Crippen MR) is 64.4 cm³/mol. The minimum Gasteiger partial charge on any atom is -0.444 e. The van der Waals surface area contributed by atoms with Crippen molar-refractivity contribution in [3.63, 3.8) is 0 Å². The summed E-state index contributed by atoms with van der Waals surface area (Å²) in [5.74, 6) is 0. The highest BCUT2D eigenvalue weighted by molar-refractivity contribution is 6.13. The molecule has 0 aliphatic heterocycles. The van der Waals surface area contributed by atoms with Crippen LogP contribution in [0.4, 0.5) is 4.79 Å². The van der Waals surface area contributed by atoms with Crippen molar-refractivity contribution in [2.75, 3.05) is 0 Å². The number of amides is 1. The standard InChI is InChI=1S/C11H21ClN2O2/c1-11(2,3)16-10(15)13-8-5-4-6-9(7-8)14-12/h8-9,14H,4-7H2,1-3H3,(H,13,15)/t8-,9+/m0/s1. The van der Waals surface area contributed by atoms with Gasteiger partial charge in [0.2, 0.25) is 0 Å². The highest BCUT2D eigenvalue weighted by Crippen LogP contribution is 2.19. The molecule has 0 aromatic heterocycles. The molecule has 0 spiro atoms. The number of rotatable bonds is 2. The molecule has 1 fully saturated rings. The Kier molecular flexibility index (Phi) is 4.87. The summed E-state index contributed by atoms with van der Waals surface area (Å²) in [7, 11) is 0. The van der Waals surface area contributed by atoms with Crippen LogP contribution in [0.1, 0.15) is 46.5 Å². The fourth-order valence-electron chi connectivity index (χ4n) is 1.89. The molecule has 1 aliphatic rings. The summed E-state index contributed by atoms with van der Waals surface area (Å²) in [6, 6.07) is 0.454. The summed E-state index contributed by atoms with van der Waals surface area (Å²) >= 11 is 5.59. The van der Waals surface area contributed by atoms with Crippen LogP contribution in [0.15, 0.2) is 0 Å². The highest BCUT2D eigenvalue weighted by Gasteiger charge is 2.24. The van der Waals surface area contributed by atoms with Crippen molar-refractivity contribution in [3.8, 4) is 0 Å². The van der Waals surface area contributed by atoms with Crippen molar-refractivity contribution in [3.05, 3.63) is 0 Å². The summed E-state index contributed by atoms with van der Waals surface area (Å²) in [4.78, 5) is 14.3. The fourth-order valence-corrected chi connectivity index (χ4v) is 2.09. The maximum Gasteiger partial charge on any atom is 0.407 e. The Morgan fingerprint density at radius 3 is 2.50 bits per heavy atom. The van der Waals surface area contributed by atoms with Crippen LogP contribution < -0.4 is 10.2 Å². The minimum atomic E-state index is -0.442. The van der Waals surface area contributed by atoms with Crippen LogP contribution in [0.2, 0.25) is 0 Å². The Labute approximate surface area is 102 Å². The maximum atomic E-state index is 11.5. The van der Waals surface area contributed by atoms with E-state index >= 15 is 0 Å². The summed E-state index contributed by atoms with van der Waals surface area (Å²) < 4.78 is 5.21. The number of carbonyl (C=O) groups is 1. The molecular weight excluding hydrogens is 228 g/mol. The van der Waals surface area contributed by atoms with Crippen LogP contribution in [0.5, 0.6) is 0 Å². The van der Waals surface area contributed by atoms with Gasteiger partial charge in [-0.15, -0.1) is 0 Å². The van der Waals surface area contributed by atoms with E-state index in [1.165, 1.54) is 0 Å². The normalized spacial score (nSPS) is 26.2. The Morgan fingerprint density at radius 2 is 1.94 bits per heavy atom. The van der Waals surface area contributed by atoms with Gasteiger partial charge in [0.15, 0.2) is 0 Å². The Balaban J connectivity index is 2.33. The molecule has 2 atom stereocenters. The first-order valence-electron chi connectivity index (χ1n) is 5.76. The first kappa shape index (κ1) is 13.6. The van der Waals surface area contributed by atoms with Crippen molar-refractivity contribution >= 4 is 17.9 Å². The summed E-state index contributed by atoms with van der Waals surface area (Å²) in [5, 5.41) is 2.88. The molecule has 16 heavy (non-hydrogen) atoms. The first-order chi connectivity index (χ1) is 7.40. The molecule has 0 bridgehead atoms. The molecule has 2 N–H and O–H groups in total. The third kappa shape index (κ3) is 5.03. The van der Waals surface area contributed by atoms with Gasteiger partial charge in [-0.2, -0.15) is 0 Å². The van der Waals surface area contributed by atoms with Crippen LogP contribution in [-0.4, -0.2) is 23.8 Å². The van der Waals surface area contributed by atoms with Gasteiger partial charge in [-0.05, 0) is 58.2 Å². The van der Waals surface area contributed by atoms with E-state index in [4.69, 9.17) is 16.5 Å². The fraction of sp³-hybridized carbons (Fsp3) is 0.909. The molecular formula is C11H21ClN2O2. The Morgan fingerprint density at radius 1 is 1.31 bits per heavy atom. The summed E-state index contributed by atoms with van der Waals surface area (Å²) in [5.41, 5.74) is -0.442. The predicted octanol–water partition coefficient (Wildman–Crippen LogP) is 2.57. The third-order valence-electron chi connectivity index (χ3n) is 2.55. The van der Waals surface area contributed by atoms with Gasteiger partial charge < -0.3 is 10.1 Å². The van der Waals surface area contributed by atoms with E-state index in [2.05, 4.69) is 10.2 Å². The van der Waals surface area contributed by atoms with Crippen molar-refractivity contribution in [1.82, 2.24) is 10.2 Å². The zero-order valence-electron chi connectivity index (χ0n) is 10.2. The van der Waals surface area contributed by atoms with Crippen LogP contribution in [0.25, 0.3) is 0 Å². The molecule has 94 valence electrons. The monoisotopic (exact) mass is 248 g/mol. The number of alkyl carbamates (subject to hydrolysis) is 1. The summed E-state index contributed by atoms with van der Waals surface area (Å²) in [6.45, 7) is 5.57. The number of nitrogens with one attached hydrogen (secondary N) is 2. The van der Waals surface area contributed by atoms with Crippen molar-refractivity contribution in [1.29, 1.82) is 0 Å². The van der Waals surface area contributed by atoms with E-state index in [-0.39, 0.29) is 18.2 Å². The largest absolute Gasteiger partial charge is 0.444 e. The lowest BCUT2D eigenvalue weighted by atomic mass is 9.92. The SMILES string of the molecule is CC(C)(C)OC(=O)N[C@H]1CCC[C@@H](NCl)C1. The van der Waals surface area contributed by atoms with Gasteiger partial charge in [-0.1, -0.05) is 0 Å². The van der Waals surface area contributed by atoms with Gasteiger partial charge in [0.25, 0.3) is 0 Å². The molecule has 0 aromatic rings. The smallest absolute Gasteiger partial charge is 0.407 e. The average Bonchev–Trinajstić information content (AvgIpc) is 2.15. The second-order valence-electron chi connectivity index (χ2n) is 5.32. The highest BCUT2D eigenvalue weighted by atomic mass is 35.5. The zero-order chi connectivity index (χ0) is 12.2. The molecule has 1 rings (SSSR count). The molecule has 0 aromatic carbocycles. The van der Waals surface area contributed by atoms with Crippen molar-refractivity contribution < 1.29 is 9.53 Å². The lowest BCUT2D eigenvalue weighted by molar-refractivity contribution is 0.0490. The van der Waals surface area contributed by atoms with Crippen LogP contribution in [0, 0.1) is 0 Å². The maximum absolute atomic E-state index is 11.5. The van der Waals surface area contributed by atoms with Gasteiger partial charge in [-0.3, -0.25) is 0 Å². The number of hydrogen-bond donors (Lipinski definition) is 2. The molecule has 1 aliphatic carbocycles. The van der Waals surface area contributed by atoms with Gasteiger partial charge in [0, 0.05) is 12.1 Å². The molecule has 0 heterocycles. The van der Waals surface area contributed by atoms with E-state index in [0.717, 1.165) is 25.7 Å². The Bertz CT molecular complexity index is 241. The van der Waals surface area contributed by atoms with E-state index in [1.807, 2.05) is 20.8 Å². The zero-order valence-corrected chi connectivity index (χ0v) is 10.9. The van der Waals surface area contributed by atoms with E-state index in [1.54, 1.807) is 0 Å². The quantitative estimate of drug-likeness (QED) is 0.739. The topological polar surface area (TPSA) is 50.4 Å².